The normalized spacial score (nSPS) is 17.4. The summed E-state index contributed by atoms with van der Waals surface area (Å²) in [4.78, 5) is 55.0. The number of hydrogen-bond acceptors (Lipinski definition) is 5. The SMILES string of the molecule is O=C(O)CC(CCCC(=O)C1CCCCN1C(=O)N1c2ccc(Cl)cc2Sc2ccc(Cl)cc21)C(=O)CF. The maximum Gasteiger partial charge on any atom is 0.329 e. The van der Waals surface area contributed by atoms with Crippen LogP contribution in [-0.4, -0.2) is 52.8 Å². The molecule has 2 aliphatic heterocycles. The first kappa shape index (κ1) is 28.4. The number of benzene rings is 2. The number of rotatable bonds is 9. The molecule has 38 heavy (non-hydrogen) atoms. The molecule has 1 N–H and O–H groups in total. The molecule has 0 bridgehead atoms. The first-order valence-corrected chi connectivity index (χ1v) is 14.0. The van der Waals surface area contributed by atoms with E-state index in [0.717, 1.165) is 22.6 Å². The smallest absolute Gasteiger partial charge is 0.329 e. The minimum Gasteiger partial charge on any atom is -0.481 e. The van der Waals surface area contributed by atoms with Crippen LogP contribution in [0, 0.1) is 5.92 Å². The number of Topliss-reactive ketones (excluding diaryl/α,β-unsaturated/α-hetero) is 2. The predicted molar refractivity (Wildman–Crippen MR) is 144 cm³/mol. The van der Waals surface area contributed by atoms with Crippen molar-refractivity contribution in [3.63, 3.8) is 0 Å². The molecule has 2 atom stereocenters. The third kappa shape index (κ3) is 6.33. The fourth-order valence-electron chi connectivity index (χ4n) is 4.97. The van der Waals surface area contributed by atoms with Gasteiger partial charge in [0.15, 0.2) is 11.6 Å². The highest BCUT2D eigenvalue weighted by molar-refractivity contribution is 7.99. The lowest BCUT2D eigenvalue weighted by atomic mass is 9.91. The Labute approximate surface area is 234 Å². The van der Waals surface area contributed by atoms with Crippen molar-refractivity contribution in [3.8, 4) is 0 Å². The van der Waals surface area contributed by atoms with E-state index in [1.165, 1.54) is 11.8 Å². The number of halogens is 3. The quantitative estimate of drug-likeness (QED) is 0.345. The zero-order valence-electron chi connectivity index (χ0n) is 20.5. The van der Waals surface area contributed by atoms with Crippen molar-refractivity contribution >= 4 is 69.9 Å². The topological polar surface area (TPSA) is 95.0 Å². The van der Waals surface area contributed by atoms with Gasteiger partial charge in [0.25, 0.3) is 0 Å². The number of hydrogen-bond donors (Lipinski definition) is 1. The molecule has 0 aliphatic carbocycles. The van der Waals surface area contributed by atoms with E-state index in [1.54, 1.807) is 40.1 Å². The van der Waals surface area contributed by atoms with Crippen molar-refractivity contribution in [2.75, 3.05) is 18.1 Å². The van der Waals surface area contributed by atoms with Crippen LogP contribution in [0.4, 0.5) is 20.6 Å². The van der Waals surface area contributed by atoms with E-state index in [0.29, 0.717) is 34.4 Å². The number of carboxylic acid groups (broad SMARTS) is 1. The molecule has 0 saturated carbocycles. The van der Waals surface area contributed by atoms with Crippen molar-refractivity contribution in [2.24, 2.45) is 5.92 Å². The van der Waals surface area contributed by atoms with Crippen molar-refractivity contribution in [1.29, 1.82) is 0 Å². The maximum absolute atomic E-state index is 14.1. The molecule has 2 aromatic carbocycles. The van der Waals surface area contributed by atoms with Gasteiger partial charge in [0, 0.05) is 38.7 Å². The molecule has 7 nitrogen and oxygen atoms in total. The second-order valence-electron chi connectivity index (χ2n) is 9.40. The Kier molecular flexibility index (Phi) is 9.33. The molecule has 1 saturated heterocycles. The van der Waals surface area contributed by atoms with Crippen molar-refractivity contribution in [2.45, 2.75) is 60.8 Å². The molecular weight excluding hydrogens is 554 g/mol. The number of carboxylic acids is 1. The van der Waals surface area contributed by atoms with Crippen LogP contribution in [0.25, 0.3) is 0 Å². The molecule has 0 radical (unpaired) electrons. The monoisotopic (exact) mass is 580 g/mol. The number of amides is 2. The van der Waals surface area contributed by atoms with Gasteiger partial charge in [-0.25, -0.2) is 9.18 Å². The maximum atomic E-state index is 14.1. The number of ketones is 2. The molecule has 2 aromatic rings. The Morgan fingerprint density at radius 1 is 1.03 bits per heavy atom. The average molecular weight is 581 g/mol. The number of urea groups is 1. The van der Waals surface area contributed by atoms with Crippen LogP contribution in [0.2, 0.25) is 10.0 Å². The Morgan fingerprint density at radius 3 is 2.50 bits per heavy atom. The van der Waals surface area contributed by atoms with Crippen molar-refractivity contribution in [1.82, 2.24) is 4.90 Å². The molecule has 0 spiro atoms. The first-order valence-electron chi connectivity index (χ1n) is 12.4. The summed E-state index contributed by atoms with van der Waals surface area (Å²) in [6.45, 7) is -0.831. The van der Waals surface area contributed by atoms with Crippen LogP contribution in [0.5, 0.6) is 0 Å². The van der Waals surface area contributed by atoms with Crippen LogP contribution < -0.4 is 4.90 Å². The zero-order valence-corrected chi connectivity index (χ0v) is 22.8. The summed E-state index contributed by atoms with van der Waals surface area (Å²) in [7, 11) is 0. The number of carbonyl (C=O) groups is 4. The number of fused-ring (bicyclic) bond motifs is 2. The van der Waals surface area contributed by atoms with E-state index in [2.05, 4.69) is 0 Å². The summed E-state index contributed by atoms with van der Waals surface area (Å²) < 4.78 is 12.9. The molecule has 4 rings (SSSR count). The van der Waals surface area contributed by atoms with E-state index < -0.39 is 36.8 Å². The largest absolute Gasteiger partial charge is 0.481 e. The third-order valence-corrected chi connectivity index (χ3v) is 8.42. The van der Waals surface area contributed by atoms with Crippen LogP contribution in [0.1, 0.15) is 44.9 Å². The average Bonchev–Trinajstić information content (AvgIpc) is 2.90. The van der Waals surface area contributed by atoms with E-state index in [9.17, 15) is 23.6 Å². The molecule has 0 aromatic heterocycles. The predicted octanol–water partition coefficient (Wildman–Crippen LogP) is 6.94. The highest BCUT2D eigenvalue weighted by Gasteiger charge is 2.38. The van der Waals surface area contributed by atoms with E-state index in [1.807, 2.05) is 6.07 Å². The highest BCUT2D eigenvalue weighted by atomic mass is 35.5. The zero-order chi connectivity index (χ0) is 27.4. The van der Waals surface area contributed by atoms with Crippen LogP contribution in [-0.2, 0) is 14.4 Å². The number of nitrogens with zero attached hydrogens (tertiary/aromatic N) is 2. The van der Waals surface area contributed by atoms with Gasteiger partial charge >= 0.3 is 12.0 Å². The van der Waals surface area contributed by atoms with Gasteiger partial charge in [-0.1, -0.05) is 35.0 Å². The lowest BCUT2D eigenvalue weighted by molar-refractivity contribution is -0.141. The number of carbonyl (C=O) groups excluding carboxylic acids is 3. The molecule has 2 amide bonds. The number of piperidine rings is 1. The van der Waals surface area contributed by atoms with E-state index in [-0.39, 0.29) is 31.1 Å². The molecule has 202 valence electrons. The fourth-order valence-corrected chi connectivity index (χ4v) is 6.45. The Hall–Kier alpha value is -2.62. The lowest BCUT2D eigenvalue weighted by Gasteiger charge is -2.40. The number of alkyl halides is 1. The van der Waals surface area contributed by atoms with Gasteiger partial charge in [0.1, 0.15) is 6.67 Å². The van der Waals surface area contributed by atoms with Gasteiger partial charge in [0.2, 0.25) is 0 Å². The highest BCUT2D eigenvalue weighted by Crippen LogP contribution is 2.50. The summed E-state index contributed by atoms with van der Waals surface area (Å²) in [5.74, 6) is -3.08. The number of anilines is 2. The number of likely N-dealkylation sites (tertiary alicyclic amines) is 1. The lowest BCUT2D eigenvalue weighted by Crippen LogP contribution is -2.52. The minimum absolute atomic E-state index is 0.0641. The Bertz CT molecular complexity index is 1260. The van der Waals surface area contributed by atoms with Gasteiger partial charge in [-0.2, -0.15) is 0 Å². The second-order valence-corrected chi connectivity index (χ2v) is 11.4. The third-order valence-electron chi connectivity index (χ3n) is 6.84. The van der Waals surface area contributed by atoms with Gasteiger partial charge in [-0.05, 0) is 68.5 Å². The summed E-state index contributed by atoms with van der Waals surface area (Å²) in [5.41, 5.74) is 1.28. The molecule has 2 heterocycles. The van der Waals surface area contributed by atoms with E-state index >= 15 is 0 Å². The molecular formula is C27H27Cl2FN2O5S. The van der Waals surface area contributed by atoms with Crippen LogP contribution in [0.3, 0.4) is 0 Å². The summed E-state index contributed by atoms with van der Waals surface area (Å²) in [6, 6.07) is 9.61. The summed E-state index contributed by atoms with van der Waals surface area (Å²) >= 11 is 14.0. The van der Waals surface area contributed by atoms with Crippen LogP contribution >= 0.6 is 35.0 Å². The van der Waals surface area contributed by atoms with Gasteiger partial charge in [-0.15, -0.1) is 0 Å². The summed E-state index contributed by atoms with van der Waals surface area (Å²) in [6.07, 6.45) is 1.97. The molecule has 2 unspecified atom stereocenters. The molecule has 11 heteroatoms. The Balaban J connectivity index is 1.55. The first-order chi connectivity index (χ1) is 18.2. The second kappa shape index (κ2) is 12.5. The van der Waals surface area contributed by atoms with Crippen molar-refractivity contribution in [3.05, 3.63) is 46.4 Å². The number of aliphatic carboxylic acids is 1. The Morgan fingerprint density at radius 2 is 1.76 bits per heavy atom. The van der Waals surface area contributed by atoms with Crippen LogP contribution in [0.15, 0.2) is 46.2 Å². The summed E-state index contributed by atoms with van der Waals surface area (Å²) in [5, 5.41) is 10.0. The fraction of sp³-hybridized carbons (Fsp3) is 0.407. The molecule has 2 aliphatic rings. The standard InChI is InChI=1S/C27H27Cl2FN2O5S/c28-17-8-10-24-21(13-17)32(20-9-7-18(29)14-25(20)38-24)27(37)31-11-2-1-5-19(31)22(33)6-3-4-16(12-26(35)36)23(34)15-30/h7-10,13-14,16,19H,1-6,11-12,15H2,(H,35,36). The van der Waals surface area contributed by atoms with Gasteiger partial charge in [0.05, 0.1) is 23.8 Å². The van der Waals surface area contributed by atoms with E-state index in [4.69, 9.17) is 28.3 Å². The van der Waals surface area contributed by atoms with Crippen molar-refractivity contribution < 1.29 is 28.7 Å². The van der Waals surface area contributed by atoms with Gasteiger partial charge < -0.3 is 10.0 Å². The van der Waals surface area contributed by atoms with Gasteiger partial charge in [-0.3, -0.25) is 19.3 Å². The minimum atomic E-state index is -1.23. The molecule has 1 fully saturated rings.